The zero-order chi connectivity index (χ0) is 18.2. The van der Waals surface area contributed by atoms with Crippen molar-refractivity contribution >= 4 is 11.8 Å². The number of hydrogen-bond acceptors (Lipinski definition) is 4. The summed E-state index contributed by atoms with van der Waals surface area (Å²) < 4.78 is 2.73. The minimum atomic E-state index is -0.474. The van der Waals surface area contributed by atoms with Gasteiger partial charge in [-0.15, -0.1) is 0 Å². The van der Waals surface area contributed by atoms with Gasteiger partial charge in [0.05, 0.1) is 6.54 Å². The summed E-state index contributed by atoms with van der Waals surface area (Å²) in [5.41, 5.74) is -0.0798. The van der Waals surface area contributed by atoms with Gasteiger partial charge in [0.25, 0.3) is 0 Å². The van der Waals surface area contributed by atoms with Gasteiger partial charge in [0.15, 0.2) is 5.82 Å². The van der Waals surface area contributed by atoms with Crippen molar-refractivity contribution in [3.63, 3.8) is 0 Å². The molecule has 2 aliphatic rings. The van der Waals surface area contributed by atoms with Crippen LogP contribution in [0.4, 0.5) is 0 Å². The molecular weight excluding hydrogens is 322 g/mol. The Bertz CT molecular complexity index is 731. The smallest absolute Gasteiger partial charge is 0.344 e. The average Bonchev–Trinajstić information content (AvgIpc) is 3.26. The number of carbonyl (C=O) groups is 2. The molecule has 0 bridgehead atoms. The summed E-state index contributed by atoms with van der Waals surface area (Å²) in [6, 6.07) is -0.474. The van der Waals surface area contributed by atoms with Crippen molar-refractivity contribution in [1.82, 2.24) is 24.6 Å². The fourth-order valence-corrected chi connectivity index (χ4v) is 3.34. The quantitative estimate of drug-likeness (QED) is 0.828. The predicted molar refractivity (Wildman–Crippen MR) is 91.6 cm³/mol. The van der Waals surface area contributed by atoms with E-state index in [1.54, 1.807) is 19.0 Å². The van der Waals surface area contributed by atoms with E-state index in [-0.39, 0.29) is 29.5 Å². The Morgan fingerprint density at radius 3 is 2.60 bits per heavy atom. The van der Waals surface area contributed by atoms with Gasteiger partial charge < -0.3 is 10.2 Å². The molecule has 3 rings (SSSR count). The van der Waals surface area contributed by atoms with Crippen LogP contribution in [0.2, 0.25) is 0 Å². The SMILES string of the molecule is Cn1nc(CN2CCCCC(NC(=O)CC3(C)CC3)C2=O)n(C)c1=O. The summed E-state index contributed by atoms with van der Waals surface area (Å²) >= 11 is 0. The number of rotatable bonds is 5. The summed E-state index contributed by atoms with van der Waals surface area (Å²) in [6.07, 6.45) is 5.10. The third-order valence-corrected chi connectivity index (χ3v) is 5.36. The van der Waals surface area contributed by atoms with Crippen LogP contribution in [0.3, 0.4) is 0 Å². The lowest BCUT2D eigenvalue weighted by Crippen LogP contribution is -2.47. The van der Waals surface area contributed by atoms with Crippen LogP contribution in [-0.2, 0) is 30.2 Å². The third kappa shape index (κ3) is 3.93. The van der Waals surface area contributed by atoms with Crippen molar-refractivity contribution in [2.75, 3.05) is 6.54 Å². The third-order valence-electron chi connectivity index (χ3n) is 5.36. The average molecular weight is 349 g/mol. The van der Waals surface area contributed by atoms with Crippen LogP contribution < -0.4 is 11.0 Å². The van der Waals surface area contributed by atoms with Gasteiger partial charge in [-0.3, -0.25) is 14.2 Å². The van der Waals surface area contributed by atoms with Crippen LogP contribution in [0.25, 0.3) is 0 Å². The summed E-state index contributed by atoms with van der Waals surface area (Å²) in [5.74, 6) is 0.439. The second-order valence-corrected chi connectivity index (χ2v) is 7.74. The number of carbonyl (C=O) groups excluding carboxylic acids is 2. The minimum absolute atomic E-state index is 0.0366. The molecule has 1 unspecified atom stereocenters. The fraction of sp³-hybridized carbons (Fsp3) is 0.765. The monoisotopic (exact) mass is 349 g/mol. The Balaban J connectivity index is 1.67. The highest BCUT2D eigenvalue weighted by molar-refractivity contribution is 5.88. The van der Waals surface area contributed by atoms with Crippen LogP contribution in [0, 0.1) is 5.41 Å². The van der Waals surface area contributed by atoms with Crippen LogP contribution >= 0.6 is 0 Å². The number of nitrogens with one attached hydrogen (secondary N) is 1. The molecule has 1 atom stereocenters. The van der Waals surface area contributed by atoms with Gasteiger partial charge >= 0.3 is 5.69 Å². The van der Waals surface area contributed by atoms with Crippen molar-refractivity contribution in [3.05, 3.63) is 16.3 Å². The maximum atomic E-state index is 12.9. The van der Waals surface area contributed by atoms with E-state index in [0.717, 1.165) is 25.7 Å². The zero-order valence-corrected chi connectivity index (χ0v) is 15.2. The van der Waals surface area contributed by atoms with Crippen molar-refractivity contribution in [1.29, 1.82) is 0 Å². The lowest BCUT2D eigenvalue weighted by molar-refractivity contribution is -0.136. The number of aryl methyl sites for hydroxylation is 1. The number of hydrogen-bond donors (Lipinski definition) is 1. The summed E-state index contributed by atoms with van der Waals surface area (Å²) in [6.45, 7) is 3.01. The molecule has 138 valence electrons. The Kier molecular flexibility index (Phi) is 4.71. The van der Waals surface area contributed by atoms with Gasteiger partial charge in [0.2, 0.25) is 11.8 Å². The van der Waals surface area contributed by atoms with Gasteiger partial charge in [0, 0.05) is 27.1 Å². The first kappa shape index (κ1) is 17.7. The first-order valence-electron chi connectivity index (χ1n) is 8.96. The van der Waals surface area contributed by atoms with Crippen LogP contribution in [0.1, 0.15) is 51.3 Å². The molecule has 8 nitrogen and oxygen atoms in total. The molecule has 1 aliphatic carbocycles. The van der Waals surface area contributed by atoms with Gasteiger partial charge in [0.1, 0.15) is 6.04 Å². The first-order valence-corrected chi connectivity index (χ1v) is 8.96. The molecule has 2 heterocycles. The lowest BCUT2D eigenvalue weighted by Gasteiger charge is -2.24. The molecular formula is C17H27N5O3. The van der Waals surface area contributed by atoms with E-state index < -0.39 is 6.04 Å². The predicted octanol–water partition coefficient (Wildman–Crippen LogP) is 0.306. The topological polar surface area (TPSA) is 89.2 Å². The fourth-order valence-electron chi connectivity index (χ4n) is 3.34. The lowest BCUT2D eigenvalue weighted by atomic mass is 10.0. The molecule has 1 N–H and O–H groups in total. The summed E-state index contributed by atoms with van der Waals surface area (Å²) in [4.78, 5) is 38.6. The number of nitrogens with zero attached hydrogens (tertiary/aromatic N) is 4. The highest BCUT2D eigenvalue weighted by Crippen LogP contribution is 2.47. The molecule has 1 saturated heterocycles. The molecule has 2 fully saturated rings. The maximum Gasteiger partial charge on any atom is 0.345 e. The molecule has 1 aromatic heterocycles. The van der Waals surface area contributed by atoms with E-state index in [1.807, 2.05) is 0 Å². The van der Waals surface area contributed by atoms with Crippen LogP contribution in [0.5, 0.6) is 0 Å². The molecule has 8 heteroatoms. The second kappa shape index (κ2) is 6.65. The van der Waals surface area contributed by atoms with Gasteiger partial charge in [-0.05, 0) is 37.5 Å². The van der Waals surface area contributed by atoms with E-state index in [4.69, 9.17) is 0 Å². The van der Waals surface area contributed by atoms with Crippen LogP contribution in [0.15, 0.2) is 4.79 Å². The van der Waals surface area contributed by atoms with E-state index in [0.29, 0.717) is 25.2 Å². The standard InChI is InChI=1S/C17H27N5O3/c1-17(7-8-17)10-14(23)18-12-6-4-5-9-22(15(12)24)11-13-19-21(3)16(25)20(13)2/h12H,4-11H2,1-3H3,(H,18,23). The second-order valence-electron chi connectivity index (χ2n) is 7.74. The molecule has 2 amide bonds. The minimum Gasteiger partial charge on any atom is -0.344 e. The van der Waals surface area contributed by atoms with E-state index >= 15 is 0 Å². The zero-order valence-electron chi connectivity index (χ0n) is 15.2. The Morgan fingerprint density at radius 2 is 2.00 bits per heavy atom. The van der Waals surface area contributed by atoms with Gasteiger partial charge in [-0.1, -0.05) is 6.92 Å². The molecule has 1 saturated carbocycles. The Morgan fingerprint density at radius 1 is 1.28 bits per heavy atom. The Labute approximate surface area is 147 Å². The first-order chi connectivity index (χ1) is 11.8. The van der Waals surface area contributed by atoms with Crippen molar-refractivity contribution in [2.24, 2.45) is 19.5 Å². The molecule has 1 aromatic rings. The van der Waals surface area contributed by atoms with Crippen LogP contribution in [-0.4, -0.2) is 43.6 Å². The molecule has 1 aliphatic heterocycles. The van der Waals surface area contributed by atoms with Gasteiger partial charge in [-0.2, -0.15) is 5.10 Å². The number of aromatic nitrogens is 3. The highest BCUT2D eigenvalue weighted by Gasteiger charge is 2.40. The van der Waals surface area contributed by atoms with Gasteiger partial charge in [-0.25, -0.2) is 9.48 Å². The highest BCUT2D eigenvalue weighted by atomic mass is 16.2. The molecule has 0 aromatic carbocycles. The molecule has 0 radical (unpaired) electrons. The van der Waals surface area contributed by atoms with Crippen molar-refractivity contribution in [2.45, 2.75) is 58.0 Å². The van der Waals surface area contributed by atoms with E-state index in [9.17, 15) is 14.4 Å². The Hall–Kier alpha value is -2.12. The largest absolute Gasteiger partial charge is 0.345 e. The van der Waals surface area contributed by atoms with Crippen molar-refractivity contribution in [3.8, 4) is 0 Å². The molecule has 0 spiro atoms. The van der Waals surface area contributed by atoms with E-state index in [1.165, 1.54) is 9.25 Å². The molecule has 25 heavy (non-hydrogen) atoms. The van der Waals surface area contributed by atoms with Crippen molar-refractivity contribution < 1.29 is 9.59 Å². The number of likely N-dealkylation sites (tertiary alicyclic amines) is 1. The summed E-state index contributed by atoms with van der Waals surface area (Å²) in [7, 11) is 3.25. The number of amides is 2. The van der Waals surface area contributed by atoms with E-state index in [2.05, 4.69) is 17.3 Å². The summed E-state index contributed by atoms with van der Waals surface area (Å²) in [5, 5.41) is 7.13. The normalized spacial score (nSPS) is 22.6. The maximum absolute atomic E-state index is 12.9.